The lowest BCUT2D eigenvalue weighted by Gasteiger charge is -2.21. The summed E-state index contributed by atoms with van der Waals surface area (Å²) in [6, 6.07) is 34.0. The molecule has 4 heteroatoms. The van der Waals surface area contributed by atoms with E-state index < -0.39 is 0 Å². The smallest absolute Gasteiger partial charge is 0.117 e. The Labute approximate surface area is 182 Å². The van der Waals surface area contributed by atoms with E-state index in [1.807, 2.05) is 12.1 Å². The molecule has 1 N–H and O–H groups in total. The maximum absolute atomic E-state index is 5.36. The van der Waals surface area contributed by atoms with Crippen LogP contribution in [0.25, 0.3) is 0 Å². The molecule has 0 unspecified atom stereocenters. The molecule has 152 valence electrons. The first kappa shape index (κ1) is 20.5. The zero-order chi connectivity index (χ0) is 20.4. The van der Waals surface area contributed by atoms with Crippen LogP contribution in [-0.4, -0.2) is 4.31 Å². The Morgan fingerprint density at radius 3 is 1.83 bits per heavy atom. The van der Waals surface area contributed by atoms with Crippen molar-refractivity contribution in [2.45, 2.75) is 31.1 Å². The van der Waals surface area contributed by atoms with Crippen molar-refractivity contribution in [2.24, 2.45) is 0 Å². The van der Waals surface area contributed by atoms with Crippen molar-refractivity contribution in [3.63, 3.8) is 0 Å². The van der Waals surface area contributed by atoms with E-state index in [-0.39, 0.29) is 0 Å². The zero-order valence-electron chi connectivity index (χ0n) is 16.9. The summed E-state index contributed by atoms with van der Waals surface area (Å²) in [4.78, 5) is 1.25. The molecule has 30 heavy (non-hydrogen) atoms. The van der Waals surface area contributed by atoms with Gasteiger partial charge < -0.3 is 9.73 Å². The average molecular weight is 415 g/mol. The molecule has 0 bridgehead atoms. The van der Waals surface area contributed by atoms with Gasteiger partial charge >= 0.3 is 0 Å². The molecule has 0 atom stereocenters. The van der Waals surface area contributed by atoms with Crippen molar-refractivity contribution in [1.29, 1.82) is 0 Å². The van der Waals surface area contributed by atoms with E-state index in [1.165, 1.54) is 21.6 Å². The van der Waals surface area contributed by atoms with Crippen LogP contribution in [0.4, 0.5) is 0 Å². The predicted molar refractivity (Wildman–Crippen MR) is 124 cm³/mol. The molecule has 3 nitrogen and oxygen atoms in total. The molecule has 4 aromatic rings. The number of furan rings is 1. The third-order valence-corrected chi connectivity index (χ3v) is 5.77. The van der Waals surface area contributed by atoms with Crippen molar-refractivity contribution in [3.05, 3.63) is 126 Å². The normalized spacial score (nSPS) is 11.1. The number of nitrogens with zero attached hydrogens (tertiary/aromatic N) is 1. The van der Waals surface area contributed by atoms with Gasteiger partial charge in [-0.1, -0.05) is 72.8 Å². The van der Waals surface area contributed by atoms with Crippen LogP contribution >= 0.6 is 11.9 Å². The fourth-order valence-electron chi connectivity index (χ4n) is 3.25. The molecule has 0 amide bonds. The van der Waals surface area contributed by atoms with Gasteiger partial charge in [-0.05, 0) is 52.9 Å². The van der Waals surface area contributed by atoms with Gasteiger partial charge in [-0.3, -0.25) is 0 Å². The van der Waals surface area contributed by atoms with E-state index in [2.05, 4.69) is 94.6 Å². The summed E-state index contributed by atoms with van der Waals surface area (Å²) in [7, 11) is 0. The molecule has 0 aliphatic rings. The summed E-state index contributed by atoms with van der Waals surface area (Å²) in [5.41, 5.74) is 3.91. The minimum atomic E-state index is 0.741. The molecular weight excluding hydrogens is 388 g/mol. The van der Waals surface area contributed by atoms with Crippen molar-refractivity contribution >= 4 is 11.9 Å². The Hall–Kier alpha value is -2.79. The minimum absolute atomic E-state index is 0.741. The monoisotopic (exact) mass is 414 g/mol. The summed E-state index contributed by atoms with van der Waals surface area (Å²) in [5, 5.41) is 3.42. The maximum atomic E-state index is 5.36. The minimum Gasteiger partial charge on any atom is -0.468 e. The van der Waals surface area contributed by atoms with E-state index >= 15 is 0 Å². The van der Waals surface area contributed by atoms with Crippen LogP contribution < -0.4 is 5.32 Å². The van der Waals surface area contributed by atoms with E-state index in [4.69, 9.17) is 4.42 Å². The van der Waals surface area contributed by atoms with Gasteiger partial charge in [-0.2, -0.15) is 0 Å². The van der Waals surface area contributed by atoms with E-state index in [0.29, 0.717) is 0 Å². The van der Waals surface area contributed by atoms with Crippen LogP contribution in [0.2, 0.25) is 0 Å². The van der Waals surface area contributed by atoms with E-state index in [0.717, 1.165) is 31.9 Å². The van der Waals surface area contributed by atoms with Crippen LogP contribution in [0.1, 0.15) is 22.5 Å². The first-order chi connectivity index (χ1) is 14.8. The summed E-state index contributed by atoms with van der Waals surface area (Å²) >= 11 is 1.81. The highest BCUT2D eigenvalue weighted by atomic mass is 32.2. The Balaban J connectivity index is 1.37. The van der Waals surface area contributed by atoms with Gasteiger partial charge in [0.1, 0.15) is 5.76 Å². The molecule has 0 fully saturated rings. The quantitative estimate of drug-likeness (QED) is 0.309. The Morgan fingerprint density at radius 1 is 0.633 bits per heavy atom. The number of hydrogen-bond donors (Lipinski definition) is 1. The van der Waals surface area contributed by atoms with Crippen LogP contribution in [0.15, 0.2) is 113 Å². The second kappa shape index (κ2) is 10.8. The molecule has 4 rings (SSSR count). The lowest BCUT2D eigenvalue weighted by atomic mass is 10.2. The lowest BCUT2D eigenvalue weighted by molar-refractivity contribution is 0.462. The van der Waals surface area contributed by atoms with Crippen LogP contribution in [0, 0.1) is 0 Å². The second-order valence-corrected chi connectivity index (χ2v) is 8.36. The van der Waals surface area contributed by atoms with Gasteiger partial charge in [0, 0.05) is 24.5 Å². The van der Waals surface area contributed by atoms with Crippen molar-refractivity contribution < 1.29 is 4.42 Å². The van der Waals surface area contributed by atoms with Crippen molar-refractivity contribution in [2.75, 3.05) is 0 Å². The molecule has 0 spiro atoms. The number of benzene rings is 3. The molecule has 0 saturated carbocycles. The summed E-state index contributed by atoms with van der Waals surface area (Å²) in [5.74, 6) is 0.958. The zero-order valence-corrected chi connectivity index (χ0v) is 17.7. The third-order valence-electron chi connectivity index (χ3n) is 4.77. The molecular formula is C26H26N2OS. The van der Waals surface area contributed by atoms with Gasteiger partial charge in [0.15, 0.2) is 0 Å². The predicted octanol–water partition coefficient (Wildman–Crippen LogP) is 6.28. The topological polar surface area (TPSA) is 28.4 Å². The number of hydrogen-bond acceptors (Lipinski definition) is 4. The van der Waals surface area contributed by atoms with E-state index in [1.54, 1.807) is 18.2 Å². The van der Waals surface area contributed by atoms with Gasteiger partial charge in [0.05, 0.1) is 12.8 Å². The number of nitrogens with one attached hydrogen (secondary N) is 1. The van der Waals surface area contributed by atoms with Gasteiger partial charge in [-0.15, -0.1) is 0 Å². The highest BCUT2D eigenvalue weighted by Gasteiger charge is 2.10. The molecule has 0 aliphatic carbocycles. The van der Waals surface area contributed by atoms with Crippen LogP contribution in [0.5, 0.6) is 0 Å². The largest absolute Gasteiger partial charge is 0.468 e. The fourth-order valence-corrected chi connectivity index (χ4v) is 4.24. The second-order valence-electron chi connectivity index (χ2n) is 7.19. The highest BCUT2D eigenvalue weighted by Crippen LogP contribution is 2.27. The van der Waals surface area contributed by atoms with Crippen LogP contribution in [-0.2, 0) is 26.2 Å². The molecule has 0 radical (unpaired) electrons. The maximum Gasteiger partial charge on any atom is 0.117 e. The molecule has 0 aliphatic heterocycles. The summed E-state index contributed by atoms with van der Waals surface area (Å²) in [6.07, 6.45) is 1.71. The number of rotatable bonds is 10. The van der Waals surface area contributed by atoms with Crippen LogP contribution in [0.3, 0.4) is 0 Å². The Kier molecular flexibility index (Phi) is 7.40. The van der Waals surface area contributed by atoms with E-state index in [9.17, 15) is 0 Å². The summed E-state index contributed by atoms with van der Waals surface area (Å²) in [6.45, 7) is 3.36. The first-order valence-electron chi connectivity index (χ1n) is 10.2. The standard InChI is InChI=1S/C26H26N2OS/c1-3-8-23(9-4-1)20-28(21-24-10-5-2-6-11-24)30-26-15-13-22(14-16-26)18-27-19-25-12-7-17-29-25/h1-17,27H,18-21H2. The third kappa shape index (κ3) is 6.36. The van der Waals surface area contributed by atoms with Gasteiger partial charge in [0.25, 0.3) is 0 Å². The van der Waals surface area contributed by atoms with Crippen molar-refractivity contribution in [1.82, 2.24) is 9.62 Å². The van der Waals surface area contributed by atoms with Gasteiger partial charge in [-0.25, -0.2) is 4.31 Å². The van der Waals surface area contributed by atoms with Gasteiger partial charge in [0.2, 0.25) is 0 Å². The summed E-state index contributed by atoms with van der Waals surface area (Å²) < 4.78 is 7.77. The average Bonchev–Trinajstić information content (AvgIpc) is 3.30. The molecule has 0 saturated heterocycles. The highest BCUT2D eigenvalue weighted by molar-refractivity contribution is 7.97. The molecule has 1 aromatic heterocycles. The first-order valence-corrected chi connectivity index (χ1v) is 11.0. The SMILES string of the molecule is c1ccc(CN(Cc2ccccc2)Sc2ccc(CNCc3ccco3)cc2)cc1. The Bertz CT molecular complexity index is 945. The Morgan fingerprint density at radius 2 is 1.27 bits per heavy atom. The fraction of sp³-hybridized carbons (Fsp3) is 0.154. The van der Waals surface area contributed by atoms with Crippen molar-refractivity contribution in [3.8, 4) is 0 Å². The molecule has 3 aromatic carbocycles. The molecule has 1 heterocycles. The lowest BCUT2D eigenvalue weighted by Crippen LogP contribution is -2.15.